The largest absolute Gasteiger partial charge is 0.496 e. The first-order chi connectivity index (χ1) is 13.6. The van der Waals surface area contributed by atoms with Crippen LogP contribution in [0.3, 0.4) is 0 Å². The number of pyridine rings is 1. The number of nitrogens with one attached hydrogen (secondary N) is 1. The average molecular weight is 420 g/mol. The highest BCUT2D eigenvalue weighted by Crippen LogP contribution is 2.31. The predicted octanol–water partition coefficient (Wildman–Crippen LogP) is 3.61. The second-order valence-electron chi connectivity index (χ2n) is 7.09. The van der Waals surface area contributed by atoms with E-state index in [1.165, 1.54) is 0 Å². The van der Waals surface area contributed by atoms with Crippen molar-refractivity contribution in [3.05, 3.63) is 53.3 Å². The second kappa shape index (κ2) is 11.0. The summed E-state index contributed by atoms with van der Waals surface area (Å²) >= 11 is 0. The third kappa shape index (κ3) is 5.61. The van der Waals surface area contributed by atoms with Crippen molar-refractivity contribution >= 4 is 18.3 Å². The molecule has 7 heteroatoms. The molecule has 1 saturated heterocycles. The maximum atomic E-state index is 13.6. The molecule has 0 radical (unpaired) electrons. The Kier molecular flexibility index (Phi) is 8.73. The molecule has 0 bridgehead atoms. The molecule has 1 aliphatic rings. The second-order valence-corrected chi connectivity index (χ2v) is 7.09. The van der Waals surface area contributed by atoms with Crippen LogP contribution in [0.4, 0.5) is 0 Å². The number of carbonyl (C=O) groups excluding carboxylic acids is 1. The Bertz CT molecular complexity index is 768. The molecule has 2 heterocycles. The predicted molar refractivity (Wildman–Crippen MR) is 116 cm³/mol. The van der Waals surface area contributed by atoms with Gasteiger partial charge in [0, 0.05) is 23.4 Å². The van der Waals surface area contributed by atoms with Gasteiger partial charge in [0.05, 0.1) is 26.5 Å². The number of nitrogens with zero attached hydrogens (tertiary/aromatic N) is 2. The SMILES string of the molecule is COc1cc(C(=O)N(Cc2ccccn2)C2CCCNCC2)cc(OC)c1C.Cl. The lowest BCUT2D eigenvalue weighted by Crippen LogP contribution is -2.40. The summed E-state index contributed by atoms with van der Waals surface area (Å²) < 4.78 is 10.9. The maximum Gasteiger partial charge on any atom is 0.254 e. The number of amides is 1. The number of hydrogen-bond donors (Lipinski definition) is 1. The molecular formula is C22H30ClN3O3. The van der Waals surface area contributed by atoms with Crippen LogP contribution in [0.15, 0.2) is 36.5 Å². The molecule has 1 aliphatic heterocycles. The Balaban J connectivity index is 0.00000300. The number of hydrogen-bond acceptors (Lipinski definition) is 5. The van der Waals surface area contributed by atoms with Crippen LogP contribution in [0.2, 0.25) is 0 Å². The third-order valence-electron chi connectivity index (χ3n) is 5.30. The molecular weight excluding hydrogens is 390 g/mol. The number of rotatable bonds is 6. The summed E-state index contributed by atoms with van der Waals surface area (Å²) in [7, 11) is 3.22. The van der Waals surface area contributed by atoms with Crippen molar-refractivity contribution in [3.8, 4) is 11.5 Å². The number of ether oxygens (including phenoxy) is 2. The third-order valence-corrected chi connectivity index (χ3v) is 5.30. The van der Waals surface area contributed by atoms with E-state index >= 15 is 0 Å². The summed E-state index contributed by atoms with van der Waals surface area (Å²) in [5.74, 6) is 1.29. The van der Waals surface area contributed by atoms with Gasteiger partial charge in [-0.05, 0) is 63.5 Å². The Morgan fingerprint density at radius 3 is 2.52 bits per heavy atom. The zero-order valence-corrected chi connectivity index (χ0v) is 18.1. The summed E-state index contributed by atoms with van der Waals surface area (Å²) in [6, 6.07) is 9.59. The van der Waals surface area contributed by atoms with E-state index < -0.39 is 0 Å². The highest BCUT2D eigenvalue weighted by molar-refractivity contribution is 5.95. The van der Waals surface area contributed by atoms with E-state index in [4.69, 9.17) is 9.47 Å². The number of carbonyl (C=O) groups is 1. The molecule has 6 nitrogen and oxygen atoms in total. The minimum Gasteiger partial charge on any atom is -0.496 e. The molecule has 1 aromatic carbocycles. The van der Waals surface area contributed by atoms with Crippen molar-refractivity contribution in [3.63, 3.8) is 0 Å². The number of halogens is 1. The van der Waals surface area contributed by atoms with Crippen LogP contribution < -0.4 is 14.8 Å². The average Bonchev–Trinajstić information content (AvgIpc) is 3.02. The smallest absolute Gasteiger partial charge is 0.254 e. The van der Waals surface area contributed by atoms with Crippen molar-refractivity contribution in [2.24, 2.45) is 0 Å². The zero-order valence-electron chi connectivity index (χ0n) is 17.3. The Morgan fingerprint density at radius 1 is 1.17 bits per heavy atom. The van der Waals surface area contributed by atoms with Gasteiger partial charge < -0.3 is 19.7 Å². The molecule has 1 fully saturated rings. The normalized spacial score (nSPS) is 16.3. The van der Waals surface area contributed by atoms with Gasteiger partial charge in [-0.15, -0.1) is 12.4 Å². The molecule has 0 saturated carbocycles. The quantitative estimate of drug-likeness (QED) is 0.774. The van der Waals surface area contributed by atoms with Gasteiger partial charge in [0.1, 0.15) is 11.5 Å². The van der Waals surface area contributed by atoms with E-state index in [9.17, 15) is 4.79 Å². The highest BCUT2D eigenvalue weighted by Gasteiger charge is 2.27. The van der Waals surface area contributed by atoms with Crippen LogP contribution in [-0.4, -0.2) is 49.1 Å². The first kappa shape index (κ1) is 23.0. The lowest BCUT2D eigenvalue weighted by molar-refractivity contribution is 0.0641. The van der Waals surface area contributed by atoms with E-state index in [1.807, 2.05) is 30.0 Å². The van der Waals surface area contributed by atoms with Gasteiger partial charge in [0.2, 0.25) is 0 Å². The number of benzene rings is 1. The van der Waals surface area contributed by atoms with Crippen LogP contribution in [0, 0.1) is 6.92 Å². The summed E-state index contributed by atoms with van der Waals surface area (Å²) in [6.07, 6.45) is 4.73. The van der Waals surface area contributed by atoms with E-state index in [0.717, 1.165) is 43.6 Å². The molecule has 0 aliphatic carbocycles. The van der Waals surface area contributed by atoms with Gasteiger partial charge in [-0.1, -0.05) is 6.07 Å². The van der Waals surface area contributed by atoms with Gasteiger partial charge in [-0.2, -0.15) is 0 Å². The van der Waals surface area contributed by atoms with E-state index in [1.54, 1.807) is 32.5 Å². The molecule has 158 valence electrons. The maximum absolute atomic E-state index is 13.6. The van der Waals surface area contributed by atoms with Crippen LogP contribution >= 0.6 is 12.4 Å². The summed E-state index contributed by atoms with van der Waals surface area (Å²) in [5, 5.41) is 3.43. The van der Waals surface area contributed by atoms with E-state index in [2.05, 4.69) is 10.3 Å². The van der Waals surface area contributed by atoms with Crippen molar-refractivity contribution < 1.29 is 14.3 Å². The van der Waals surface area contributed by atoms with Gasteiger partial charge in [0.25, 0.3) is 5.91 Å². The van der Waals surface area contributed by atoms with Gasteiger partial charge in [0.15, 0.2) is 0 Å². The minimum absolute atomic E-state index is 0. The standard InChI is InChI=1S/C22H29N3O3.ClH/c1-16-20(27-2)13-17(14-21(16)28-3)22(26)25(15-18-7-4-5-11-24-18)19-8-6-10-23-12-9-19;/h4-5,7,11,13-14,19,23H,6,8-10,12,15H2,1-3H3;1H. The Hall–Kier alpha value is -2.31. The van der Waals surface area contributed by atoms with Gasteiger partial charge >= 0.3 is 0 Å². The monoisotopic (exact) mass is 419 g/mol. The first-order valence-electron chi connectivity index (χ1n) is 9.78. The lowest BCUT2D eigenvalue weighted by Gasteiger charge is -2.31. The van der Waals surface area contributed by atoms with Crippen molar-refractivity contribution in [1.29, 1.82) is 0 Å². The van der Waals surface area contributed by atoms with Crippen LogP contribution in [-0.2, 0) is 6.54 Å². The van der Waals surface area contributed by atoms with Crippen LogP contribution in [0.1, 0.15) is 40.9 Å². The molecule has 1 N–H and O–H groups in total. The fraction of sp³-hybridized carbons (Fsp3) is 0.455. The molecule has 1 amide bonds. The fourth-order valence-corrected chi connectivity index (χ4v) is 3.72. The number of methoxy groups -OCH3 is 2. The Morgan fingerprint density at radius 2 is 1.90 bits per heavy atom. The first-order valence-corrected chi connectivity index (χ1v) is 9.78. The van der Waals surface area contributed by atoms with Crippen LogP contribution in [0.25, 0.3) is 0 Å². The topological polar surface area (TPSA) is 63.7 Å². The lowest BCUT2D eigenvalue weighted by atomic mass is 10.0. The molecule has 3 rings (SSSR count). The number of aromatic nitrogens is 1. The summed E-state index contributed by atoms with van der Waals surface area (Å²) in [5.41, 5.74) is 2.35. The molecule has 2 aromatic rings. The highest BCUT2D eigenvalue weighted by atomic mass is 35.5. The zero-order chi connectivity index (χ0) is 19.9. The van der Waals surface area contributed by atoms with Crippen LogP contribution in [0.5, 0.6) is 11.5 Å². The Labute approximate surface area is 179 Å². The van der Waals surface area contributed by atoms with E-state index in [-0.39, 0.29) is 24.4 Å². The van der Waals surface area contributed by atoms with Gasteiger partial charge in [-0.3, -0.25) is 9.78 Å². The molecule has 1 unspecified atom stereocenters. The molecule has 1 atom stereocenters. The van der Waals surface area contributed by atoms with Crippen molar-refractivity contribution in [1.82, 2.24) is 15.2 Å². The van der Waals surface area contributed by atoms with Crippen molar-refractivity contribution in [2.75, 3.05) is 27.3 Å². The minimum atomic E-state index is -0.0193. The van der Waals surface area contributed by atoms with Gasteiger partial charge in [-0.25, -0.2) is 0 Å². The molecule has 1 aromatic heterocycles. The summed E-state index contributed by atoms with van der Waals surface area (Å²) in [4.78, 5) is 20.0. The van der Waals surface area contributed by atoms with Crippen molar-refractivity contribution in [2.45, 2.75) is 38.8 Å². The molecule has 29 heavy (non-hydrogen) atoms. The van der Waals surface area contributed by atoms with E-state index in [0.29, 0.717) is 23.6 Å². The molecule has 0 spiro atoms. The summed E-state index contributed by atoms with van der Waals surface area (Å²) in [6.45, 7) is 4.32. The fourth-order valence-electron chi connectivity index (χ4n) is 3.72.